The van der Waals surface area contributed by atoms with Gasteiger partial charge in [0.1, 0.15) is 5.82 Å². The first-order valence-corrected chi connectivity index (χ1v) is 32.3. The maximum atomic E-state index is 15.7. The van der Waals surface area contributed by atoms with Crippen molar-refractivity contribution in [1.29, 1.82) is 0 Å². The van der Waals surface area contributed by atoms with E-state index in [0.29, 0.717) is 72.9 Å². The summed E-state index contributed by atoms with van der Waals surface area (Å²) in [5, 5.41) is 21.1. The highest BCUT2D eigenvalue weighted by Crippen LogP contribution is 2.54. The van der Waals surface area contributed by atoms with E-state index in [1.807, 2.05) is 61.7 Å². The van der Waals surface area contributed by atoms with Crippen molar-refractivity contribution < 1.29 is 41.9 Å². The molecule has 3 aromatic carbocycles. The predicted octanol–water partition coefficient (Wildman–Crippen LogP) is 10.7. The van der Waals surface area contributed by atoms with Crippen molar-refractivity contribution in [1.82, 2.24) is 48.5 Å². The Morgan fingerprint density at radius 3 is 2.05 bits per heavy atom. The van der Waals surface area contributed by atoms with Crippen molar-refractivity contribution in [2.45, 2.75) is 129 Å². The van der Waals surface area contributed by atoms with E-state index in [9.17, 15) is 32.7 Å². The van der Waals surface area contributed by atoms with Gasteiger partial charge in [0, 0.05) is 111 Å². The molecule has 0 bridgehead atoms. The first-order chi connectivity index (χ1) is 41.1. The Morgan fingerprint density at radius 2 is 1.45 bits per heavy atom. The number of aromatic nitrogens is 5. The number of fused-ring (bicyclic) bond motifs is 1. The highest BCUT2D eigenvalue weighted by molar-refractivity contribution is 7.89. The number of sulfonamides is 1. The summed E-state index contributed by atoms with van der Waals surface area (Å²) in [5.74, 6) is -2.59. The Kier molecular flexibility index (Phi) is 18.9. The number of nitrogens with zero attached hydrogens (tertiary/aromatic N) is 9. The van der Waals surface area contributed by atoms with Crippen molar-refractivity contribution in [3.05, 3.63) is 130 Å². The van der Waals surface area contributed by atoms with Crippen LogP contribution in [0.5, 0.6) is 0 Å². The number of aromatic amines is 1. The van der Waals surface area contributed by atoms with Gasteiger partial charge in [-0.2, -0.15) is 9.40 Å². The number of likely N-dealkylation sites (tertiary alicyclic amines) is 1. The molecule has 4 atom stereocenters. The van der Waals surface area contributed by atoms with Crippen molar-refractivity contribution in [2.75, 3.05) is 63.4 Å². The van der Waals surface area contributed by atoms with Crippen molar-refractivity contribution in [3.8, 4) is 11.3 Å². The Hall–Kier alpha value is -6.94. The van der Waals surface area contributed by atoms with Crippen molar-refractivity contribution in [3.63, 3.8) is 0 Å². The number of imidazole rings is 1. The lowest BCUT2D eigenvalue weighted by Gasteiger charge is -2.54. The van der Waals surface area contributed by atoms with Crippen LogP contribution in [0.2, 0.25) is 10.0 Å². The number of carbonyl (C=O) groups is 5. The lowest BCUT2D eigenvalue weighted by Crippen LogP contribution is -2.61. The minimum atomic E-state index is -4.04. The number of carboxylic acids is 1. The zero-order chi connectivity index (χ0) is 61.1. The standard InChI is InChI=1S/C63H76Cl2FN11O8S/c1-62(2,3)53(77-57(42-18-21-46(64)22-19-42)48(43-12-11-13-47(65)32-43)34-63(4,61(77)83)35-56(80)81)40-86(84,85)75-30-28-73(29-31-75)55(79)15-10-8-6-5-7-9-14-54(78)72-24-26-74(27-25-72)60(82)44-20-23-50(49(66)33-44)70-58-59-67-38-52(45-36-68-69-37-45)76(59)39-51(71-58)41-16-17-41/h11-13,18-23,32-33,36-39,41,48,53,57H,5-10,14-17,24-31,34-35,40H2,1-4H3,(H,68,69)(H,70,71)(H,80,81)/t48-,53-,57-,63-/m1/s1. The Morgan fingerprint density at radius 1 is 0.814 bits per heavy atom. The van der Waals surface area contributed by atoms with Gasteiger partial charge in [0.05, 0.1) is 59.1 Å². The van der Waals surface area contributed by atoms with Gasteiger partial charge >= 0.3 is 5.97 Å². The number of anilines is 2. The van der Waals surface area contributed by atoms with Crippen LogP contribution in [0.25, 0.3) is 16.9 Å². The monoisotopic (exact) mass is 1240 g/mol. The highest BCUT2D eigenvalue weighted by atomic mass is 35.5. The number of halogens is 3. The lowest BCUT2D eigenvalue weighted by atomic mass is 9.66. The zero-order valence-electron chi connectivity index (χ0n) is 49.2. The van der Waals surface area contributed by atoms with E-state index in [1.165, 1.54) is 10.4 Å². The van der Waals surface area contributed by atoms with Gasteiger partial charge in [0.15, 0.2) is 11.5 Å². The molecule has 4 fully saturated rings. The molecule has 3 aromatic heterocycles. The van der Waals surface area contributed by atoms with E-state index in [0.717, 1.165) is 73.0 Å². The number of hydrogen-bond donors (Lipinski definition) is 3. The molecule has 10 rings (SSSR count). The molecule has 86 heavy (non-hydrogen) atoms. The summed E-state index contributed by atoms with van der Waals surface area (Å²) in [6.07, 6.45) is 14.7. The van der Waals surface area contributed by atoms with Crippen LogP contribution in [-0.4, -0.2) is 156 Å². The summed E-state index contributed by atoms with van der Waals surface area (Å²) in [5.41, 5.74) is 2.85. The van der Waals surface area contributed by atoms with E-state index in [2.05, 4.69) is 20.5 Å². The molecule has 4 aliphatic rings. The van der Waals surface area contributed by atoms with Crippen molar-refractivity contribution >= 4 is 80.0 Å². The number of carbonyl (C=O) groups excluding carboxylic acids is 4. The molecular formula is C63H76Cl2FN11O8S. The number of aliphatic carboxylic acids is 1. The second kappa shape index (κ2) is 26.2. The van der Waals surface area contributed by atoms with Crippen LogP contribution >= 0.6 is 23.2 Å². The third-order valence-corrected chi connectivity index (χ3v) is 19.9. The first kappa shape index (κ1) is 62.1. The number of H-pyrrole nitrogens is 1. The van der Waals surface area contributed by atoms with E-state index in [1.54, 1.807) is 75.4 Å². The summed E-state index contributed by atoms with van der Waals surface area (Å²) < 4.78 is 48.3. The second-order valence-electron chi connectivity index (χ2n) is 24.9. The van der Waals surface area contributed by atoms with Gasteiger partial charge < -0.3 is 30.0 Å². The van der Waals surface area contributed by atoms with Gasteiger partial charge in [-0.15, -0.1) is 0 Å². The summed E-state index contributed by atoms with van der Waals surface area (Å²) in [7, 11) is -4.04. The maximum absolute atomic E-state index is 15.7. The number of carboxylic acid groups (broad SMARTS) is 1. The molecule has 4 amide bonds. The highest BCUT2D eigenvalue weighted by Gasteiger charge is 2.55. The van der Waals surface area contributed by atoms with Crippen molar-refractivity contribution in [2.24, 2.45) is 10.8 Å². The summed E-state index contributed by atoms with van der Waals surface area (Å²) in [6, 6.07) is 17.2. The summed E-state index contributed by atoms with van der Waals surface area (Å²) in [4.78, 5) is 83.9. The molecule has 6 heterocycles. The number of hydrogen-bond acceptors (Lipinski definition) is 11. The Bertz CT molecular complexity index is 3560. The number of piperazine rings is 2. The minimum Gasteiger partial charge on any atom is -0.481 e. The molecule has 3 saturated heterocycles. The normalized spacial score (nSPS) is 20.2. The maximum Gasteiger partial charge on any atom is 0.304 e. The molecule has 1 aliphatic carbocycles. The fourth-order valence-electron chi connectivity index (χ4n) is 12.6. The smallest absolute Gasteiger partial charge is 0.304 e. The molecule has 458 valence electrons. The number of nitrogens with one attached hydrogen (secondary N) is 2. The number of piperidine rings is 1. The average molecular weight is 1240 g/mol. The van der Waals surface area contributed by atoms with Crippen LogP contribution in [0.3, 0.4) is 0 Å². The summed E-state index contributed by atoms with van der Waals surface area (Å²) >= 11 is 12.9. The lowest BCUT2D eigenvalue weighted by molar-refractivity contribution is -0.162. The van der Waals surface area contributed by atoms with E-state index in [4.69, 9.17) is 28.2 Å². The fourth-order valence-corrected chi connectivity index (χ4v) is 14.9. The van der Waals surface area contributed by atoms with Gasteiger partial charge in [0.25, 0.3) is 5.91 Å². The third kappa shape index (κ3) is 14.2. The molecule has 3 aliphatic heterocycles. The average Bonchev–Trinajstić information content (AvgIpc) is 0.836. The van der Waals surface area contributed by atoms with E-state index in [-0.39, 0.29) is 61.6 Å². The number of amides is 4. The molecule has 0 unspecified atom stereocenters. The van der Waals surface area contributed by atoms with Gasteiger partial charge in [-0.3, -0.25) is 33.5 Å². The zero-order valence-corrected chi connectivity index (χ0v) is 51.5. The number of unbranched alkanes of at least 4 members (excludes halogenated alkanes) is 5. The molecule has 1 saturated carbocycles. The van der Waals surface area contributed by atoms with Gasteiger partial charge in [0.2, 0.25) is 27.7 Å². The van der Waals surface area contributed by atoms with Crippen LogP contribution in [0.4, 0.5) is 15.9 Å². The third-order valence-electron chi connectivity index (χ3n) is 17.5. The molecule has 23 heteroatoms. The topological polar surface area (TPSA) is 227 Å². The van der Waals surface area contributed by atoms with E-state index < -0.39 is 68.7 Å². The molecule has 19 nitrogen and oxygen atoms in total. The van der Waals surface area contributed by atoms with Crippen LogP contribution in [0.1, 0.15) is 150 Å². The number of rotatable bonds is 22. The van der Waals surface area contributed by atoms with Crippen LogP contribution in [0.15, 0.2) is 91.5 Å². The Balaban J connectivity index is 0.648. The SMILES string of the molecule is CC(C)(C)[C@@H](CS(=O)(=O)N1CCN(C(=O)CCCCCCCCC(=O)N2CCN(C(=O)c3ccc(Nc4nc(C5CC5)cn5c(-c6cn[nH]c6)cnc45)c(F)c3)CC2)CC1)N1C(=O)[C@@](C)(CC(=O)O)C[C@H](c2cccc(Cl)c2)[C@H]1c1ccc(Cl)cc1. The van der Waals surface area contributed by atoms with E-state index >= 15 is 9.18 Å². The molecule has 6 aromatic rings. The molecule has 0 radical (unpaired) electrons. The second-order valence-corrected chi connectivity index (χ2v) is 27.8. The van der Waals surface area contributed by atoms with Gasteiger partial charge in [-0.25, -0.2) is 22.8 Å². The van der Waals surface area contributed by atoms with Gasteiger partial charge in [-0.05, 0) is 91.1 Å². The Labute approximate surface area is 511 Å². The molecule has 0 spiro atoms. The molecule has 3 N–H and O–H groups in total. The van der Waals surface area contributed by atoms with Crippen LogP contribution in [-0.2, 0) is 29.2 Å². The molecular weight excluding hydrogens is 1160 g/mol. The predicted molar refractivity (Wildman–Crippen MR) is 327 cm³/mol. The summed E-state index contributed by atoms with van der Waals surface area (Å²) in [6.45, 7) is 9.46. The minimum absolute atomic E-state index is 0.0320. The van der Waals surface area contributed by atoms with Gasteiger partial charge in [-0.1, -0.05) is 101 Å². The quantitative estimate of drug-likeness (QED) is 0.0540. The number of benzene rings is 3. The van der Waals surface area contributed by atoms with Crippen LogP contribution < -0.4 is 5.32 Å². The first-order valence-electron chi connectivity index (χ1n) is 29.9. The fraction of sp³-hybridized carbons (Fsp3) is 0.492. The largest absolute Gasteiger partial charge is 0.481 e. The van der Waals surface area contributed by atoms with Crippen LogP contribution in [0, 0.1) is 16.6 Å².